The van der Waals surface area contributed by atoms with Gasteiger partial charge in [0.05, 0.1) is 37.1 Å². The van der Waals surface area contributed by atoms with Gasteiger partial charge in [-0.15, -0.1) is 0 Å². The predicted molar refractivity (Wildman–Crippen MR) is 136 cm³/mol. The molecule has 1 saturated heterocycles. The molecule has 0 aromatic heterocycles. The highest BCUT2D eigenvalue weighted by atomic mass is 16.5. The molecular weight excluding hydrogens is 422 g/mol. The van der Waals surface area contributed by atoms with Gasteiger partial charge in [-0.25, -0.2) is 4.79 Å². The number of para-hydroxylation sites is 1. The van der Waals surface area contributed by atoms with Crippen LogP contribution in [0.5, 0.6) is 0 Å². The van der Waals surface area contributed by atoms with Gasteiger partial charge in [-0.05, 0) is 55.4 Å². The summed E-state index contributed by atoms with van der Waals surface area (Å²) in [6, 6.07) is 29.6. The fourth-order valence-corrected chi connectivity index (χ4v) is 5.77. The van der Waals surface area contributed by atoms with Gasteiger partial charge in [0.15, 0.2) is 0 Å². The molecule has 0 N–H and O–H groups in total. The minimum atomic E-state index is -0.340. The van der Waals surface area contributed by atoms with Crippen molar-refractivity contribution in [3.63, 3.8) is 0 Å². The molecule has 34 heavy (non-hydrogen) atoms. The molecule has 2 aliphatic heterocycles. The Bertz CT molecular complexity index is 1140. The zero-order valence-corrected chi connectivity index (χ0v) is 20.1. The number of ether oxygens (including phenoxy) is 1. The number of hydrogen-bond donors (Lipinski definition) is 0. The summed E-state index contributed by atoms with van der Waals surface area (Å²) in [5.41, 5.74) is 5.65. The number of nitrogens with zero attached hydrogens (tertiary/aromatic N) is 3. The van der Waals surface area contributed by atoms with E-state index in [4.69, 9.17) is 4.74 Å². The van der Waals surface area contributed by atoms with Gasteiger partial charge < -0.3 is 4.74 Å². The summed E-state index contributed by atoms with van der Waals surface area (Å²) in [5.74, 6) is 0. The first kappa shape index (κ1) is 22.4. The van der Waals surface area contributed by atoms with E-state index in [-0.39, 0.29) is 30.4 Å². The number of hydrogen-bond acceptors (Lipinski definition) is 4. The van der Waals surface area contributed by atoms with E-state index in [0.717, 1.165) is 11.3 Å². The first-order valence-electron chi connectivity index (χ1n) is 11.7. The van der Waals surface area contributed by atoms with Crippen LogP contribution in [0.1, 0.15) is 35.7 Å². The second-order valence-corrected chi connectivity index (χ2v) is 9.13. The molecule has 3 aromatic rings. The maximum absolute atomic E-state index is 12.9. The van der Waals surface area contributed by atoms with Crippen LogP contribution in [0.15, 0.2) is 90.5 Å². The number of benzene rings is 3. The van der Waals surface area contributed by atoms with Crippen molar-refractivity contribution in [3.8, 4) is 0 Å². The minimum Gasteiger partial charge on any atom is -0.452 e. The van der Waals surface area contributed by atoms with E-state index in [1.165, 1.54) is 23.8 Å². The van der Waals surface area contributed by atoms with Crippen LogP contribution in [0.3, 0.4) is 0 Å². The molecule has 5 heteroatoms. The van der Waals surface area contributed by atoms with Crippen LogP contribution in [-0.2, 0) is 4.74 Å². The molecule has 0 radical (unpaired) electrons. The number of carbonyl (C=O) groups excluding carboxylic acids is 1. The molecule has 2 aliphatic rings. The Morgan fingerprint density at radius 3 is 1.79 bits per heavy atom. The molecule has 0 aliphatic carbocycles. The lowest BCUT2D eigenvalue weighted by Gasteiger charge is -2.40. The Hall–Kier alpha value is -3.41. The average molecular weight is 454 g/mol. The molecule has 0 spiro atoms. The van der Waals surface area contributed by atoms with Crippen LogP contribution in [0.25, 0.3) is 6.08 Å². The highest BCUT2D eigenvalue weighted by Crippen LogP contribution is 2.49. The second-order valence-electron chi connectivity index (χ2n) is 9.13. The van der Waals surface area contributed by atoms with E-state index < -0.39 is 0 Å². The van der Waals surface area contributed by atoms with Crippen LogP contribution < -0.4 is 4.90 Å². The van der Waals surface area contributed by atoms with Crippen molar-refractivity contribution >= 4 is 17.9 Å². The molecule has 174 valence electrons. The zero-order chi connectivity index (χ0) is 23.8. The molecule has 3 aromatic carbocycles. The quantitative estimate of drug-likeness (QED) is 0.507. The molecule has 5 nitrogen and oxygen atoms in total. The maximum Gasteiger partial charge on any atom is 0.414 e. The molecule has 1 fully saturated rings. The van der Waals surface area contributed by atoms with Gasteiger partial charge in [0.2, 0.25) is 0 Å². The van der Waals surface area contributed by atoms with Crippen molar-refractivity contribution in [2.24, 2.45) is 0 Å². The zero-order valence-electron chi connectivity index (χ0n) is 20.1. The molecule has 3 atom stereocenters. The maximum atomic E-state index is 12.9. The Kier molecular flexibility index (Phi) is 5.98. The van der Waals surface area contributed by atoms with Gasteiger partial charge in [0.1, 0.15) is 0 Å². The van der Waals surface area contributed by atoms with E-state index in [9.17, 15) is 4.79 Å². The van der Waals surface area contributed by atoms with Gasteiger partial charge in [0.25, 0.3) is 0 Å². The lowest BCUT2D eigenvalue weighted by molar-refractivity contribution is 0.171. The van der Waals surface area contributed by atoms with Gasteiger partial charge in [-0.3, -0.25) is 14.7 Å². The molecule has 0 unspecified atom stereocenters. The molecule has 0 saturated carbocycles. The number of fused-ring (bicyclic) bond motifs is 1. The average Bonchev–Trinajstić information content (AvgIpc) is 3.14. The Labute approximate surface area is 201 Å². The number of methoxy groups -OCH3 is 1. The standard InChI is InChI=1S/C29H31N3O2/c1-20-24(19-23-17-11-12-18-25(23)32(20)29(33)34-4)28-30(2)26(21-13-7-5-8-14-21)27(31(28)3)22-15-9-6-10-16-22/h5-20,26-28H,1-4H3/t20-,26-,27-/m0/s1. The van der Waals surface area contributed by atoms with Gasteiger partial charge in [0, 0.05) is 0 Å². The Morgan fingerprint density at radius 1 is 0.765 bits per heavy atom. The topological polar surface area (TPSA) is 36.0 Å². The van der Waals surface area contributed by atoms with Crippen LogP contribution in [0, 0.1) is 0 Å². The largest absolute Gasteiger partial charge is 0.452 e. The fraction of sp³-hybridized carbons (Fsp3) is 0.276. The molecule has 0 bridgehead atoms. The van der Waals surface area contributed by atoms with Gasteiger partial charge >= 0.3 is 6.09 Å². The van der Waals surface area contributed by atoms with Crippen LogP contribution in [-0.4, -0.2) is 49.3 Å². The first-order valence-corrected chi connectivity index (χ1v) is 11.7. The molecule has 5 rings (SSSR count). The Balaban J connectivity index is 1.63. The monoisotopic (exact) mass is 453 g/mol. The third kappa shape index (κ3) is 3.61. The highest BCUT2D eigenvalue weighted by molar-refractivity contribution is 5.94. The second kappa shape index (κ2) is 9.09. The fourth-order valence-electron chi connectivity index (χ4n) is 5.77. The van der Waals surface area contributed by atoms with E-state index >= 15 is 0 Å². The SMILES string of the molecule is COC(=O)N1c2ccccc2C=C(C2N(C)[C@@H](c3ccccc3)[C@H](c3ccccc3)N2C)[C@@H]1C. The lowest BCUT2D eigenvalue weighted by Crippen LogP contribution is -2.49. The van der Waals surface area contributed by atoms with Crippen LogP contribution >= 0.6 is 0 Å². The van der Waals surface area contributed by atoms with E-state index in [1.54, 1.807) is 4.90 Å². The number of amides is 1. The number of carbonyl (C=O) groups is 1. The first-order chi connectivity index (χ1) is 16.5. The van der Waals surface area contributed by atoms with Crippen LogP contribution in [0.4, 0.5) is 10.5 Å². The normalized spacial score (nSPS) is 23.5. The van der Waals surface area contributed by atoms with Crippen molar-refractivity contribution < 1.29 is 9.53 Å². The summed E-state index contributed by atoms with van der Waals surface area (Å²) in [4.78, 5) is 19.5. The van der Waals surface area contributed by atoms with Crippen molar-refractivity contribution in [2.45, 2.75) is 31.2 Å². The lowest BCUT2D eigenvalue weighted by atomic mass is 9.93. The van der Waals surface area contributed by atoms with E-state index in [1.807, 2.05) is 18.2 Å². The number of anilines is 1. The highest BCUT2D eigenvalue weighted by Gasteiger charge is 2.48. The molecule has 1 amide bonds. The molecule has 2 heterocycles. The minimum absolute atomic E-state index is 0.00549. The van der Waals surface area contributed by atoms with Crippen LogP contribution in [0.2, 0.25) is 0 Å². The number of likely N-dealkylation sites (N-methyl/N-ethyl adjacent to an activating group) is 2. The summed E-state index contributed by atoms with van der Waals surface area (Å²) in [6.45, 7) is 2.09. The van der Waals surface area contributed by atoms with Gasteiger partial charge in [-0.2, -0.15) is 0 Å². The Morgan fingerprint density at radius 2 is 1.26 bits per heavy atom. The summed E-state index contributed by atoms with van der Waals surface area (Å²) >= 11 is 0. The smallest absolute Gasteiger partial charge is 0.414 e. The number of rotatable bonds is 3. The summed E-state index contributed by atoms with van der Waals surface area (Å²) in [7, 11) is 5.83. The summed E-state index contributed by atoms with van der Waals surface area (Å²) in [6.07, 6.45) is 1.92. The third-order valence-corrected chi connectivity index (χ3v) is 7.29. The van der Waals surface area contributed by atoms with Crippen molar-refractivity contribution in [1.82, 2.24) is 9.80 Å². The van der Waals surface area contributed by atoms with Gasteiger partial charge in [-0.1, -0.05) is 78.9 Å². The molecular formula is C29H31N3O2. The van der Waals surface area contributed by atoms with E-state index in [0.29, 0.717) is 0 Å². The van der Waals surface area contributed by atoms with Crippen molar-refractivity contribution in [3.05, 3.63) is 107 Å². The van der Waals surface area contributed by atoms with Crippen molar-refractivity contribution in [2.75, 3.05) is 26.1 Å². The summed E-state index contributed by atoms with van der Waals surface area (Å²) in [5, 5.41) is 0. The third-order valence-electron chi connectivity index (χ3n) is 7.29. The summed E-state index contributed by atoms with van der Waals surface area (Å²) < 4.78 is 5.20. The van der Waals surface area contributed by atoms with E-state index in [2.05, 4.69) is 104 Å². The predicted octanol–water partition coefficient (Wildman–Crippen LogP) is 5.73. The van der Waals surface area contributed by atoms with Crippen molar-refractivity contribution in [1.29, 1.82) is 0 Å².